The van der Waals surface area contributed by atoms with Gasteiger partial charge in [0.05, 0.1) is 18.8 Å². The molecule has 0 spiro atoms. The maximum Gasteiger partial charge on any atom is 0.106 e. The van der Waals surface area contributed by atoms with Crippen LogP contribution in [0.5, 0.6) is 0 Å². The molecule has 116 valence electrons. The van der Waals surface area contributed by atoms with Crippen molar-refractivity contribution in [2.45, 2.75) is 77.6 Å². The normalized spacial score (nSPS) is 27.2. The van der Waals surface area contributed by atoms with Crippen LogP contribution in [0, 0.1) is 11.3 Å². The predicted octanol–water partition coefficient (Wildman–Crippen LogP) is 2.55. The third-order valence-electron chi connectivity index (χ3n) is 4.17. The number of hydrogen-bond donors (Lipinski definition) is 1. The van der Waals surface area contributed by atoms with E-state index in [1.54, 1.807) is 0 Å². The topological polar surface area (TPSA) is 48.3 Å². The maximum absolute atomic E-state index is 9.51. The Morgan fingerprint density at radius 3 is 2.70 bits per heavy atom. The predicted molar refractivity (Wildman–Crippen MR) is 82.6 cm³/mol. The van der Waals surface area contributed by atoms with Crippen LogP contribution in [-0.4, -0.2) is 48.3 Å². The largest absolute Gasteiger partial charge is 0.376 e. The number of ether oxygens (including phenoxy) is 1. The van der Waals surface area contributed by atoms with Crippen LogP contribution in [0.2, 0.25) is 0 Å². The van der Waals surface area contributed by atoms with Crippen LogP contribution < -0.4 is 5.32 Å². The summed E-state index contributed by atoms with van der Waals surface area (Å²) in [5.41, 5.74) is -0.366. The molecule has 1 rings (SSSR count). The zero-order valence-corrected chi connectivity index (χ0v) is 13.8. The van der Waals surface area contributed by atoms with Gasteiger partial charge in [-0.05, 0) is 53.5 Å². The molecule has 1 fully saturated rings. The van der Waals surface area contributed by atoms with E-state index in [1.165, 1.54) is 0 Å². The summed E-state index contributed by atoms with van der Waals surface area (Å²) in [5.74, 6) is 0. The van der Waals surface area contributed by atoms with Gasteiger partial charge in [0.1, 0.15) is 5.54 Å². The highest BCUT2D eigenvalue weighted by atomic mass is 16.5. The molecule has 1 saturated heterocycles. The van der Waals surface area contributed by atoms with E-state index in [0.717, 1.165) is 39.0 Å². The van der Waals surface area contributed by atoms with Crippen LogP contribution in [0.15, 0.2) is 0 Å². The van der Waals surface area contributed by atoms with E-state index in [0.29, 0.717) is 18.2 Å². The molecule has 0 aromatic heterocycles. The lowest BCUT2D eigenvalue weighted by molar-refractivity contribution is -0.0499. The Bertz CT molecular complexity index is 326. The molecule has 1 N–H and O–H groups in total. The lowest BCUT2D eigenvalue weighted by Crippen LogP contribution is -2.49. The fourth-order valence-corrected chi connectivity index (χ4v) is 2.94. The van der Waals surface area contributed by atoms with Crippen molar-refractivity contribution in [2.24, 2.45) is 0 Å². The van der Waals surface area contributed by atoms with E-state index < -0.39 is 0 Å². The first-order valence-corrected chi connectivity index (χ1v) is 7.97. The highest BCUT2D eigenvalue weighted by molar-refractivity contribution is 5.06. The number of morpholine rings is 1. The van der Waals surface area contributed by atoms with Crippen molar-refractivity contribution >= 4 is 0 Å². The molecule has 4 nitrogen and oxygen atoms in total. The second kappa shape index (κ2) is 7.97. The lowest BCUT2D eigenvalue weighted by atomic mass is 9.91. The molecule has 0 amide bonds. The quantitative estimate of drug-likeness (QED) is 0.779. The second-order valence-electron chi connectivity index (χ2n) is 6.44. The fourth-order valence-electron chi connectivity index (χ4n) is 2.94. The summed E-state index contributed by atoms with van der Waals surface area (Å²) in [5, 5.41) is 13.0. The van der Waals surface area contributed by atoms with Gasteiger partial charge in [-0.15, -0.1) is 0 Å². The van der Waals surface area contributed by atoms with E-state index in [2.05, 4.69) is 50.9 Å². The molecule has 0 bridgehead atoms. The number of hydrogen-bond acceptors (Lipinski definition) is 4. The first-order valence-electron chi connectivity index (χ1n) is 7.97. The Labute approximate surface area is 124 Å². The van der Waals surface area contributed by atoms with Gasteiger partial charge in [-0.1, -0.05) is 6.92 Å². The number of rotatable bonds is 7. The third kappa shape index (κ3) is 5.05. The summed E-state index contributed by atoms with van der Waals surface area (Å²) < 4.78 is 5.66. The standard InChI is InChI=1S/C16H31N3O/c1-6-16(12-17,18-13(2)3)8-7-9-19-10-15(5)20-11-14(19)4/h13-15,18H,6-11H2,1-5H3. The van der Waals surface area contributed by atoms with Gasteiger partial charge in [-0.25, -0.2) is 0 Å². The lowest BCUT2D eigenvalue weighted by Gasteiger charge is -2.37. The Morgan fingerprint density at radius 1 is 1.45 bits per heavy atom. The first kappa shape index (κ1) is 17.4. The fraction of sp³-hybridized carbons (Fsp3) is 0.938. The van der Waals surface area contributed by atoms with Crippen molar-refractivity contribution < 1.29 is 4.74 Å². The maximum atomic E-state index is 9.51. The average Bonchev–Trinajstić information content (AvgIpc) is 2.41. The molecular weight excluding hydrogens is 250 g/mol. The molecule has 0 aliphatic carbocycles. The Morgan fingerprint density at radius 2 is 2.15 bits per heavy atom. The molecule has 1 aliphatic rings. The Hall–Kier alpha value is -0.630. The number of nitriles is 1. The van der Waals surface area contributed by atoms with Gasteiger partial charge in [0.2, 0.25) is 0 Å². The van der Waals surface area contributed by atoms with Gasteiger partial charge in [0.15, 0.2) is 0 Å². The van der Waals surface area contributed by atoms with Gasteiger partial charge in [0, 0.05) is 18.6 Å². The zero-order chi connectivity index (χ0) is 15.2. The van der Waals surface area contributed by atoms with E-state index in [9.17, 15) is 5.26 Å². The van der Waals surface area contributed by atoms with E-state index in [4.69, 9.17) is 4.74 Å². The highest BCUT2D eigenvalue weighted by Gasteiger charge is 2.29. The molecule has 3 atom stereocenters. The molecule has 0 saturated carbocycles. The summed E-state index contributed by atoms with van der Waals surface area (Å²) in [7, 11) is 0. The Balaban J connectivity index is 2.46. The molecular formula is C16H31N3O. The Kier molecular flexibility index (Phi) is 6.94. The monoisotopic (exact) mass is 281 g/mol. The summed E-state index contributed by atoms with van der Waals surface area (Å²) in [6.07, 6.45) is 3.15. The smallest absolute Gasteiger partial charge is 0.106 e. The van der Waals surface area contributed by atoms with Crippen LogP contribution in [-0.2, 0) is 4.74 Å². The minimum Gasteiger partial charge on any atom is -0.376 e. The zero-order valence-electron chi connectivity index (χ0n) is 13.8. The summed E-state index contributed by atoms with van der Waals surface area (Å²) in [4.78, 5) is 2.49. The average molecular weight is 281 g/mol. The summed E-state index contributed by atoms with van der Waals surface area (Å²) in [6, 6.07) is 3.33. The van der Waals surface area contributed by atoms with Crippen molar-refractivity contribution in [3.63, 3.8) is 0 Å². The van der Waals surface area contributed by atoms with Crippen LogP contribution in [0.4, 0.5) is 0 Å². The molecule has 4 heteroatoms. The van der Waals surface area contributed by atoms with E-state index in [-0.39, 0.29) is 5.54 Å². The van der Waals surface area contributed by atoms with Crippen LogP contribution in [0.1, 0.15) is 53.9 Å². The summed E-state index contributed by atoms with van der Waals surface area (Å²) >= 11 is 0. The summed E-state index contributed by atoms with van der Waals surface area (Å²) in [6.45, 7) is 13.5. The molecule has 0 aromatic rings. The second-order valence-corrected chi connectivity index (χ2v) is 6.44. The number of nitrogens with one attached hydrogen (secondary N) is 1. The SMILES string of the molecule is CCC(C#N)(CCCN1CC(C)OCC1C)NC(C)C. The van der Waals surface area contributed by atoms with Crippen molar-refractivity contribution in [2.75, 3.05) is 19.7 Å². The first-order chi connectivity index (χ1) is 9.42. The molecule has 1 aliphatic heterocycles. The van der Waals surface area contributed by atoms with Crippen molar-refractivity contribution in [3.8, 4) is 6.07 Å². The highest BCUT2D eigenvalue weighted by Crippen LogP contribution is 2.19. The van der Waals surface area contributed by atoms with E-state index in [1.807, 2.05) is 0 Å². The van der Waals surface area contributed by atoms with Crippen LogP contribution in [0.25, 0.3) is 0 Å². The minimum absolute atomic E-state index is 0.326. The third-order valence-corrected chi connectivity index (χ3v) is 4.17. The van der Waals surface area contributed by atoms with Gasteiger partial charge in [-0.3, -0.25) is 10.2 Å². The van der Waals surface area contributed by atoms with Crippen molar-refractivity contribution in [3.05, 3.63) is 0 Å². The molecule has 20 heavy (non-hydrogen) atoms. The molecule has 1 heterocycles. The van der Waals surface area contributed by atoms with Crippen molar-refractivity contribution in [1.82, 2.24) is 10.2 Å². The van der Waals surface area contributed by atoms with Gasteiger partial charge < -0.3 is 4.74 Å². The van der Waals surface area contributed by atoms with Crippen molar-refractivity contribution in [1.29, 1.82) is 5.26 Å². The van der Waals surface area contributed by atoms with Gasteiger partial charge in [-0.2, -0.15) is 5.26 Å². The van der Waals surface area contributed by atoms with Crippen LogP contribution in [0.3, 0.4) is 0 Å². The number of nitrogens with zero attached hydrogens (tertiary/aromatic N) is 2. The van der Waals surface area contributed by atoms with E-state index >= 15 is 0 Å². The van der Waals surface area contributed by atoms with Gasteiger partial charge in [0.25, 0.3) is 0 Å². The minimum atomic E-state index is -0.366. The van der Waals surface area contributed by atoms with Gasteiger partial charge >= 0.3 is 0 Å². The van der Waals surface area contributed by atoms with Crippen LogP contribution >= 0.6 is 0 Å². The molecule has 3 unspecified atom stereocenters. The molecule has 0 radical (unpaired) electrons. The molecule has 0 aromatic carbocycles.